The average Bonchev–Trinajstić information content (AvgIpc) is 2.79. The first-order valence-electron chi connectivity index (χ1n) is 9.75. The number of nitrogens with one attached hydrogen (secondary N) is 2. The molecule has 1 aromatic carbocycles. The summed E-state index contributed by atoms with van der Waals surface area (Å²) in [6.45, 7) is 5.75. The van der Waals surface area contributed by atoms with E-state index in [9.17, 15) is 19.2 Å². The van der Waals surface area contributed by atoms with Crippen molar-refractivity contribution in [2.75, 3.05) is 19.6 Å². The third-order valence-corrected chi connectivity index (χ3v) is 5.83. The molecule has 2 unspecified atom stereocenters. The Morgan fingerprint density at radius 3 is 2.61 bits per heavy atom. The second-order valence-electron chi connectivity index (χ2n) is 7.69. The third kappa shape index (κ3) is 3.33. The maximum Gasteiger partial charge on any atom is 0.262 e. The third-order valence-electron chi connectivity index (χ3n) is 5.83. The van der Waals surface area contributed by atoms with Crippen molar-refractivity contribution in [1.29, 1.82) is 0 Å². The molecule has 2 N–H and O–H groups in total. The molecule has 0 radical (unpaired) electrons. The van der Waals surface area contributed by atoms with Crippen LogP contribution in [0.1, 0.15) is 52.5 Å². The molecule has 1 aromatic rings. The largest absolute Gasteiger partial charge is 0.315 e. The zero-order valence-corrected chi connectivity index (χ0v) is 15.9. The summed E-state index contributed by atoms with van der Waals surface area (Å²) in [5.41, 5.74) is 1.63. The molecule has 3 aliphatic heterocycles. The van der Waals surface area contributed by atoms with Crippen molar-refractivity contribution in [1.82, 2.24) is 20.4 Å². The summed E-state index contributed by atoms with van der Waals surface area (Å²) < 4.78 is 0. The number of amides is 4. The molecule has 2 saturated heterocycles. The molecule has 8 nitrogen and oxygen atoms in total. The first-order chi connectivity index (χ1) is 13.5. The van der Waals surface area contributed by atoms with Gasteiger partial charge in [0.15, 0.2) is 0 Å². The minimum absolute atomic E-state index is 0.121. The van der Waals surface area contributed by atoms with E-state index in [2.05, 4.69) is 22.5 Å². The molecule has 0 aromatic heterocycles. The highest BCUT2D eigenvalue weighted by Crippen LogP contribution is 2.28. The van der Waals surface area contributed by atoms with Crippen molar-refractivity contribution >= 4 is 23.6 Å². The Kier molecular flexibility index (Phi) is 4.99. The van der Waals surface area contributed by atoms with E-state index in [0.717, 1.165) is 36.5 Å². The van der Waals surface area contributed by atoms with E-state index in [1.807, 2.05) is 6.07 Å². The molecular formula is C20H24N4O4. The number of imide groups is 2. The molecule has 3 aliphatic rings. The van der Waals surface area contributed by atoms with Crippen molar-refractivity contribution in [2.45, 2.75) is 44.8 Å². The van der Waals surface area contributed by atoms with Crippen LogP contribution in [0, 0.1) is 0 Å². The molecule has 0 bridgehead atoms. The Morgan fingerprint density at radius 1 is 1.04 bits per heavy atom. The van der Waals surface area contributed by atoms with E-state index in [1.54, 1.807) is 12.1 Å². The van der Waals surface area contributed by atoms with Gasteiger partial charge < -0.3 is 5.32 Å². The van der Waals surface area contributed by atoms with Crippen molar-refractivity contribution in [3.05, 3.63) is 34.9 Å². The molecule has 2 fully saturated rings. The monoisotopic (exact) mass is 384 g/mol. The second-order valence-corrected chi connectivity index (χ2v) is 7.69. The summed E-state index contributed by atoms with van der Waals surface area (Å²) in [7, 11) is 0. The van der Waals surface area contributed by atoms with Crippen LogP contribution in [0.4, 0.5) is 0 Å². The van der Waals surface area contributed by atoms with Crippen molar-refractivity contribution in [3.8, 4) is 0 Å². The van der Waals surface area contributed by atoms with Crippen LogP contribution in [0.3, 0.4) is 0 Å². The lowest BCUT2D eigenvalue weighted by Gasteiger charge is -2.27. The van der Waals surface area contributed by atoms with Crippen LogP contribution in [0.5, 0.6) is 0 Å². The van der Waals surface area contributed by atoms with E-state index in [1.165, 1.54) is 0 Å². The lowest BCUT2D eigenvalue weighted by molar-refractivity contribution is -0.136. The Labute approximate surface area is 163 Å². The van der Waals surface area contributed by atoms with Crippen molar-refractivity contribution in [2.24, 2.45) is 0 Å². The van der Waals surface area contributed by atoms with Gasteiger partial charge in [0, 0.05) is 32.1 Å². The highest BCUT2D eigenvalue weighted by molar-refractivity contribution is 6.23. The van der Waals surface area contributed by atoms with Crippen LogP contribution in [0.15, 0.2) is 18.2 Å². The Bertz CT molecular complexity index is 853. The summed E-state index contributed by atoms with van der Waals surface area (Å²) >= 11 is 0. The first kappa shape index (κ1) is 18.8. The number of hydrogen-bond donors (Lipinski definition) is 2. The van der Waals surface area contributed by atoms with Crippen LogP contribution in [-0.2, 0) is 16.1 Å². The summed E-state index contributed by atoms with van der Waals surface area (Å²) in [5.74, 6) is -1.88. The van der Waals surface area contributed by atoms with E-state index in [4.69, 9.17) is 0 Å². The molecule has 8 heteroatoms. The predicted molar refractivity (Wildman–Crippen MR) is 100 cm³/mol. The highest BCUT2D eigenvalue weighted by Gasteiger charge is 2.44. The van der Waals surface area contributed by atoms with Gasteiger partial charge in [0.2, 0.25) is 11.8 Å². The number of hydrogen-bond acceptors (Lipinski definition) is 6. The smallest absolute Gasteiger partial charge is 0.262 e. The first-order valence-corrected chi connectivity index (χ1v) is 9.75. The molecule has 0 aliphatic carbocycles. The highest BCUT2D eigenvalue weighted by atomic mass is 16.2. The average molecular weight is 384 g/mol. The van der Waals surface area contributed by atoms with Gasteiger partial charge >= 0.3 is 0 Å². The molecule has 4 amide bonds. The summed E-state index contributed by atoms with van der Waals surface area (Å²) in [4.78, 5) is 52.6. The van der Waals surface area contributed by atoms with E-state index >= 15 is 0 Å². The SMILES string of the molecule is CC1CCNCCN1Cc1ccc2c(c1)C(=O)N(C1CCC(=O)NC1=O)C2=O. The molecule has 0 saturated carbocycles. The minimum atomic E-state index is -0.926. The molecule has 148 valence electrons. The van der Waals surface area contributed by atoms with E-state index < -0.39 is 23.8 Å². The zero-order valence-electron chi connectivity index (χ0n) is 15.9. The van der Waals surface area contributed by atoms with E-state index in [0.29, 0.717) is 23.7 Å². The number of carbonyl (C=O) groups excluding carboxylic acids is 4. The number of fused-ring (bicyclic) bond motifs is 1. The fraction of sp³-hybridized carbons (Fsp3) is 0.500. The molecule has 2 atom stereocenters. The topological polar surface area (TPSA) is 98.8 Å². The van der Waals surface area contributed by atoms with Gasteiger partial charge in [-0.15, -0.1) is 0 Å². The lowest BCUT2D eigenvalue weighted by Crippen LogP contribution is -2.54. The van der Waals surface area contributed by atoms with Crippen LogP contribution in [0.2, 0.25) is 0 Å². The number of carbonyl (C=O) groups is 4. The van der Waals surface area contributed by atoms with Crippen LogP contribution >= 0.6 is 0 Å². The van der Waals surface area contributed by atoms with Gasteiger partial charge in [0.05, 0.1) is 11.1 Å². The zero-order chi connectivity index (χ0) is 19.8. The van der Waals surface area contributed by atoms with Crippen LogP contribution in [-0.4, -0.2) is 65.1 Å². The molecule has 3 heterocycles. The Morgan fingerprint density at radius 2 is 1.82 bits per heavy atom. The van der Waals surface area contributed by atoms with Crippen molar-refractivity contribution in [3.63, 3.8) is 0 Å². The Balaban J connectivity index is 1.55. The summed E-state index contributed by atoms with van der Waals surface area (Å²) in [6.07, 6.45) is 1.35. The maximum absolute atomic E-state index is 12.9. The number of rotatable bonds is 3. The fourth-order valence-corrected chi connectivity index (χ4v) is 4.15. The quantitative estimate of drug-likeness (QED) is 0.726. The van der Waals surface area contributed by atoms with Gasteiger partial charge in [-0.25, -0.2) is 0 Å². The fourth-order valence-electron chi connectivity index (χ4n) is 4.15. The summed E-state index contributed by atoms with van der Waals surface area (Å²) in [6, 6.07) is 4.83. The van der Waals surface area contributed by atoms with Gasteiger partial charge in [0.25, 0.3) is 11.8 Å². The number of piperidine rings is 1. The normalized spacial score (nSPS) is 26.2. The predicted octanol–water partition coefficient (Wildman–Crippen LogP) is 0.272. The van der Waals surface area contributed by atoms with Crippen molar-refractivity contribution < 1.29 is 19.2 Å². The van der Waals surface area contributed by atoms with Gasteiger partial charge in [0.1, 0.15) is 6.04 Å². The van der Waals surface area contributed by atoms with Crippen LogP contribution in [0.25, 0.3) is 0 Å². The van der Waals surface area contributed by atoms with Gasteiger partial charge in [-0.2, -0.15) is 0 Å². The molecular weight excluding hydrogens is 360 g/mol. The molecule has 28 heavy (non-hydrogen) atoms. The van der Waals surface area contributed by atoms with Crippen LogP contribution < -0.4 is 10.6 Å². The van der Waals surface area contributed by atoms with Gasteiger partial charge in [-0.1, -0.05) is 6.07 Å². The number of benzene rings is 1. The second kappa shape index (κ2) is 7.44. The standard InChI is InChI=1S/C20H24N4O4/c1-12-6-7-21-8-9-23(12)11-13-2-3-14-15(10-13)20(28)24(19(14)27)16-4-5-17(25)22-18(16)26/h2-3,10,12,16,21H,4-9,11H2,1H3,(H,22,25,26). The molecule has 0 spiro atoms. The maximum atomic E-state index is 12.9. The van der Waals surface area contributed by atoms with Gasteiger partial charge in [-0.05, 0) is 44.0 Å². The van der Waals surface area contributed by atoms with Gasteiger partial charge in [-0.3, -0.25) is 34.3 Å². The minimum Gasteiger partial charge on any atom is -0.315 e. The number of nitrogens with zero attached hydrogens (tertiary/aromatic N) is 2. The Hall–Kier alpha value is -2.58. The summed E-state index contributed by atoms with van der Waals surface area (Å²) in [5, 5.41) is 5.60. The molecule has 4 rings (SSSR count). The van der Waals surface area contributed by atoms with E-state index in [-0.39, 0.29) is 18.7 Å². The lowest BCUT2D eigenvalue weighted by atomic mass is 10.0.